The molecular weight excluding hydrogens is 220 g/mol. The molecule has 2 rings (SSSR count). The Morgan fingerprint density at radius 2 is 2.35 bits per heavy atom. The molecule has 5 heteroatoms. The fraction of sp³-hybridized carbons (Fsp3) is 0.417. The lowest BCUT2D eigenvalue weighted by molar-refractivity contribution is -0.153. The van der Waals surface area contributed by atoms with Crippen molar-refractivity contribution >= 4 is 11.9 Å². The summed E-state index contributed by atoms with van der Waals surface area (Å²) in [5, 5.41) is 0. The molecule has 0 aromatic carbocycles. The number of nitrogens with zero attached hydrogens (tertiary/aromatic N) is 2. The van der Waals surface area contributed by atoms with Gasteiger partial charge in [-0.25, -0.2) is 0 Å². The standard InChI is InChI=1S/C12H14N2O3/c1-8(15)17-11-6-10(14(2)12(11)16)9-4-3-5-13-7-9/h3-5,7,10-11H,6H2,1-2H3/t10-,11+/m0/s1. The van der Waals surface area contributed by atoms with E-state index in [0.29, 0.717) is 6.42 Å². The summed E-state index contributed by atoms with van der Waals surface area (Å²) in [6.07, 6.45) is 3.23. The summed E-state index contributed by atoms with van der Waals surface area (Å²) in [5.41, 5.74) is 0.956. The van der Waals surface area contributed by atoms with E-state index in [1.165, 1.54) is 6.92 Å². The van der Waals surface area contributed by atoms with Crippen LogP contribution >= 0.6 is 0 Å². The predicted molar refractivity (Wildman–Crippen MR) is 59.9 cm³/mol. The van der Waals surface area contributed by atoms with Gasteiger partial charge in [0.05, 0.1) is 6.04 Å². The third-order valence-corrected chi connectivity index (χ3v) is 2.91. The molecule has 1 amide bonds. The Balaban J connectivity index is 2.17. The van der Waals surface area contributed by atoms with Crippen molar-refractivity contribution in [2.45, 2.75) is 25.5 Å². The number of pyridine rings is 1. The van der Waals surface area contributed by atoms with Gasteiger partial charge in [-0.1, -0.05) is 6.07 Å². The number of hydrogen-bond acceptors (Lipinski definition) is 4. The monoisotopic (exact) mass is 234 g/mol. The van der Waals surface area contributed by atoms with E-state index in [9.17, 15) is 9.59 Å². The normalized spacial score (nSPS) is 23.9. The van der Waals surface area contributed by atoms with Crippen molar-refractivity contribution in [3.63, 3.8) is 0 Å². The number of esters is 1. The minimum absolute atomic E-state index is 0.0689. The second-order valence-electron chi connectivity index (χ2n) is 4.09. The van der Waals surface area contributed by atoms with Crippen molar-refractivity contribution in [2.24, 2.45) is 0 Å². The van der Waals surface area contributed by atoms with Gasteiger partial charge >= 0.3 is 5.97 Å². The second-order valence-corrected chi connectivity index (χ2v) is 4.09. The number of likely N-dealkylation sites (N-methyl/N-ethyl adjacent to an activating group) is 1. The molecule has 1 aliphatic heterocycles. The fourth-order valence-corrected chi connectivity index (χ4v) is 2.07. The number of likely N-dealkylation sites (tertiary alicyclic amines) is 1. The van der Waals surface area contributed by atoms with E-state index in [0.717, 1.165) is 5.56 Å². The molecule has 1 aromatic heterocycles. The first kappa shape index (κ1) is 11.6. The second kappa shape index (κ2) is 4.53. The Bertz CT molecular complexity index is 433. The summed E-state index contributed by atoms with van der Waals surface area (Å²) in [6, 6.07) is 3.67. The number of carbonyl (C=O) groups excluding carboxylic acids is 2. The largest absolute Gasteiger partial charge is 0.452 e. The maximum absolute atomic E-state index is 11.9. The number of carbonyl (C=O) groups is 2. The molecule has 1 aromatic rings. The van der Waals surface area contributed by atoms with Crippen LogP contribution in [0.15, 0.2) is 24.5 Å². The molecule has 0 unspecified atom stereocenters. The van der Waals surface area contributed by atoms with E-state index in [2.05, 4.69) is 4.98 Å². The highest BCUT2D eigenvalue weighted by atomic mass is 16.5. The number of amides is 1. The topological polar surface area (TPSA) is 59.5 Å². The molecule has 1 fully saturated rings. The van der Waals surface area contributed by atoms with Gasteiger partial charge in [0.1, 0.15) is 0 Å². The zero-order valence-electron chi connectivity index (χ0n) is 9.79. The van der Waals surface area contributed by atoms with Crippen LogP contribution < -0.4 is 0 Å². The van der Waals surface area contributed by atoms with Gasteiger partial charge in [0, 0.05) is 32.8 Å². The lowest BCUT2D eigenvalue weighted by Crippen LogP contribution is -2.29. The molecular formula is C12H14N2O3. The van der Waals surface area contributed by atoms with Crippen molar-refractivity contribution in [3.8, 4) is 0 Å². The summed E-state index contributed by atoms with van der Waals surface area (Å²) in [5.74, 6) is -0.586. The van der Waals surface area contributed by atoms with Crippen LogP contribution in [-0.4, -0.2) is 34.9 Å². The van der Waals surface area contributed by atoms with Gasteiger partial charge < -0.3 is 9.64 Å². The third-order valence-electron chi connectivity index (χ3n) is 2.91. The van der Waals surface area contributed by atoms with E-state index >= 15 is 0 Å². The van der Waals surface area contributed by atoms with Crippen molar-refractivity contribution in [2.75, 3.05) is 7.05 Å². The van der Waals surface area contributed by atoms with Gasteiger partial charge in [-0.3, -0.25) is 14.6 Å². The Morgan fingerprint density at radius 3 is 2.94 bits per heavy atom. The first-order valence-corrected chi connectivity index (χ1v) is 5.43. The highest BCUT2D eigenvalue weighted by Crippen LogP contribution is 2.32. The zero-order valence-corrected chi connectivity index (χ0v) is 9.79. The molecule has 90 valence electrons. The van der Waals surface area contributed by atoms with E-state index in [4.69, 9.17) is 4.74 Å². The summed E-state index contributed by atoms with van der Waals surface area (Å²) < 4.78 is 5.00. The summed E-state index contributed by atoms with van der Waals surface area (Å²) in [6.45, 7) is 1.31. The lowest BCUT2D eigenvalue weighted by atomic mass is 10.1. The van der Waals surface area contributed by atoms with Crippen molar-refractivity contribution < 1.29 is 14.3 Å². The van der Waals surface area contributed by atoms with Gasteiger partial charge in [0.15, 0.2) is 6.10 Å². The number of hydrogen-bond donors (Lipinski definition) is 0. The molecule has 0 aliphatic carbocycles. The maximum atomic E-state index is 11.9. The molecule has 1 saturated heterocycles. The highest BCUT2D eigenvalue weighted by molar-refractivity contribution is 5.85. The molecule has 0 bridgehead atoms. The van der Waals surface area contributed by atoms with Crippen LogP contribution in [0.5, 0.6) is 0 Å². The molecule has 1 aliphatic rings. The van der Waals surface area contributed by atoms with Crippen LogP contribution in [0.1, 0.15) is 24.9 Å². The SMILES string of the molecule is CC(=O)O[C@@H]1C[C@@H](c2cccnc2)N(C)C1=O. The molecule has 2 atom stereocenters. The fourth-order valence-electron chi connectivity index (χ4n) is 2.07. The smallest absolute Gasteiger partial charge is 0.303 e. The summed E-state index contributed by atoms with van der Waals surface area (Å²) in [7, 11) is 1.71. The van der Waals surface area contributed by atoms with Gasteiger partial charge in [-0.2, -0.15) is 0 Å². The van der Waals surface area contributed by atoms with Crippen LogP contribution in [0, 0.1) is 0 Å². The number of ether oxygens (including phenoxy) is 1. The Hall–Kier alpha value is -1.91. The van der Waals surface area contributed by atoms with E-state index in [1.807, 2.05) is 12.1 Å². The summed E-state index contributed by atoms with van der Waals surface area (Å²) >= 11 is 0. The van der Waals surface area contributed by atoms with Crippen LogP contribution in [0.4, 0.5) is 0 Å². The minimum Gasteiger partial charge on any atom is -0.452 e. The number of aromatic nitrogens is 1. The van der Waals surface area contributed by atoms with Crippen LogP contribution in [0.2, 0.25) is 0 Å². The molecule has 17 heavy (non-hydrogen) atoms. The zero-order chi connectivity index (χ0) is 12.4. The Morgan fingerprint density at radius 1 is 1.59 bits per heavy atom. The highest BCUT2D eigenvalue weighted by Gasteiger charge is 2.40. The molecule has 0 radical (unpaired) electrons. The minimum atomic E-state index is -0.664. The maximum Gasteiger partial charge on any atom is 0.303 e. The van der Waals surface area contributed by atoms with Crippen LogP contribution in [0.25, 0.3) is 0 Å². The molecule has 0 spiro atoms. The Kier molecular flexibility index (Phi) is 3.08. The Labute approximate surface area is 99.4 Å². The number of rotatable bonds is 2. The lowest BCUT2D eigenvalue weighted by Gasteiger charge is -2.18. The van der Waals surface area contributed by atoms with Crippen molar-refractivity contribution in [1.29, 1.82) is 0 Å². The van der Waals surface area contributed by atoms with E-state index in [-0.39, 0.29) is 11.9 Å². The first-order chi connectivity index (χ1) is 8.09. The third kappa shape index (κ3) is 2.27. The van der Waals surface area contributed by atoms with Crippen LogP contribution in [-0.2, 0) is 14.3 Å². The van der Waals surface area contributed by atoms with Gasteiger partial charge in [0.25, 0.3) is 5.91 Å². The van der Waals surface area contributed by atoms with Gasteiger partial charge in [0.2, 0.25) is 0 Å². The average molecular weight is 234 g/mol. The van der Waals surface area contributed by atoms with E-state index in [1.54, 1.807) is 24.3 Å². The van der Waals surface area contributed by atoms with E-state index < -0.39 is 12.1 Å². The van der Waals surface area contributed by atoms with Gasteiger partial charge in [-0.15, -0.1) is 0 Å². The van der Waals surface area contributed by atoms with Crippen molar-refractivity contribution in [1.82, 2.24) is 9.88 Å². The predicted octanol–water partition coefficient (Wildman–Crippen LogP) is 0.916. The average Bonchev–Trinajstić information content (AvgIpc) is 2.58. The molecule has 5 nitrogen and oxygen atoms in total. The van der Waals surface area contributed by atoms with Gasteiger partial charge in [-0.05, 0) is 11.6 Å². The van der Waals surface area contributed by atoms with Crippen LogP contribution in [0.3, 0.4) is 0 Å². The molecule has 2 heterocycles. The molecule has 0 saturated carbocycles. The summed E-state index contributed by atoms with van der Waals surface area (Å²) in [4.78, 5) is 28.4. The first-order valence-electron chi connectivity index (χ1n) is 5.43. The van der Waals surface area contributed by atoms with Crippen molar-refractivity contribution in [3.05, 3.63) is 30.1 Å². The molecule has 0 N–H and O–H groups in total. The quantitative estimate of drug-likeness (QED) is 0.714.